The summed E-state index contributed by atoms with van der Waals surface area (Å²) in [5.74, 6) is 0.188. The van der Waals surface area contributed by atoms with E-state index in [1.54, 1.807) is 23.1 Å². The molecule has 0 aliphatic carbocycles. The molecule has 0 radical (unpaired) electrons. The third-order valence-corrected chi connectivity index (χ3v) is 6.08. The van der Waals surface area contributed by atoms with Gasteiger partial charge in [-0.1, -0.05) is 29.8 Å². The lowest BCUT2D eigenvalue weighted by molar-refractivity contribution is -0.130. The maximum atomic E-state index is 13.8. The van der Waals surface area contributed by atoms with Crippen molar-refractivity contribution in [2.75, 3.05) is 19.7 Å². The molecule has 1 heterocycles. The van der Waals surface area contributed by atoms with Crippen molar-refractivity contribution in [1.29, 1.82) is 0 Å². The topological polar surface area (TPSA) is 49.8 Å². The van der Waals surface area contributed by atoms with Crippen LogP contribution in [0.25, 0.3) is 0 Å². The average Bonchev–Trinajstić information content (AvgIpc) is 2.88. The number of ether oxygens (including phenoxy) is 1. The van der Waals surface area contributed by atoms with Crippen LogP contribution in [-0.4, -0.2) is 41.2 Å². The van der Waals surface area contributed by atoms with Gasteiger partial charge in [0, 0.05) is 18.1 Å². The van der Waals surface area contributed by atoms with Crippen LogP contribution in [-0.2, 0) is 11.2 Å². The zero-order valence-electron chi connectivity index (χ0n) is 16.9. The third kappa shape index (κ3) is 5.49. The van der Waals surface area contributed by atoms with Crippen molar-refractivity contribution >= 4 is 17.5 Å². The number of benzene rings is 2. The Kier molecular flexibility index (Phi) is 6.81. The molecule has 1 atom stereocenters. The number of halogens is 2. The van der Waals surface area contributed by atoms with Gasteiger partial charge in [0.1, 0.15) is 23.8 Å². The van der Waals surface area contributed by atoms with Crippen molar-refractivity contribution in [3.63, 3.8) is 0 Å². The van der Waals surface area contributed by atoms with Crippen LogP contribution < -0.4 is 4.74 Å². The van der Waals surface area contributed by atoms with Gasteiger partial charge in [0.2, 0.25) is 5.91 Å². The molecule has 156 valence electrons. The van der Waals surface area contributed by atoms with Crippen molar-refractivity contribution in [3.8, 4) is 5.75 Å². The fourth-order valence-corrected chi connectivity index (χ4v) is 3.81. The minimum Gasteiger partial charge on any atom is -0.491 e. The van der Waals surface area contributed by atoms with Gasteiger partial charge in [-0.3, -0.25) is 4.79 Å². The summed E-state index contributed by atoms with van der Waals surface area (Å²) >= 11 is 6.20. The molecule has 1 aliphatic rings. The standard InChI is InChI=1S/C23H27ClFNO3/c1-16-12-19(13-17(2)22(16)24)29-15-23(28)8-5-10-26(11-9-23)21(27)14-18-6-3-4-7-20(18)25/h3-4,6-7,12-13,28H,5,8-11,14-15H2,1-2H3. The van der Waals surface area contributed by atoms with E-state index >= 15 is 0 Å². The number of likely N-dealkylation sites (tertiary alicyclic amines) is 1. The molecular formula is C23H27ClFNO3. The van der Waals surface area contributed by atoms with Crippen molar-refractivity contribution in [3.05, 3.63) is 63.9 Å². The van der Waals surface area contributed by atoms with Crippen molar-refractivity contribution in [1.82, 2.24) is 4.90 Å². The molecule has 0 saturated carbocycles. The smallest absolute Gasteiger partial charge is 0.227 e. The molecule has 4 nitrogen and oxygen atoms in total. The monoisotopic (exact) mass is 419 g/mol. The van der Waals surface area contributed by atoms with Gasteiger partial charge < -0.3 is 14.7 Å². The maximum Gasteiger partial charge on any atom is 0.227 e. The molecule has 1 unspecified atom stereocenters. The molecule has 0 bridgehead atoms. The molecule has 0 spiro atoms. The number of hydrogen-bond acceptors (Lipinski definition) is 3. The summed E-state index contributed by atoms with van der Waals surface area (Å²) in [6, 6.07) is 10.1. The highest BCUT2D eigenvalue weighted by molar-refractivity contribution is 6.32. The van der Waals surface area contributed by atoms with Gasteiger partial charge >= 0.3 is 0 Å². The second-order valence-corrected chi connectivity index (χ2v) is 8.26. The third-order valence-electron chi connectivity index (χ3n) is 5.49. The number of aryl methyl sites for hydroxylation is 2. The lowest BCUT2D eigenvalue weighted by Crippen LogP contribution is -2.38. The van der Waals surface area contributed by atoms with E-state index in [2.05, 4.69) is 0 Å². The normalized spacial score (nSPS) is 19.7. The minimum atomic E-state index is -1.01. The highest BCUT2D eigenvalue weighted by Gasteiger charge is 2.32. The molecule has 1 amide bonds. The summed E-state index contributed by atoms with van der Waals surface area (Å²) in [4.78, 5) is 14.3. The van der Waals surface area contributed by atoms with Gasteiger partial charge in [0.25, 0.3) is 0 Å². The zero-order valence-corrected chi connectivity index (χ0v) is 17.6. The molecule has 2 aromatic carbocycles. The Morgan fingerprint density at radius 2 is 1.90 bits per heavy atom. The SMILES string of the molecule is Cc1cc(OCC2(O)CCCN(C(=O)Cc3ccccc3F)CC2)cc(C)c1Cl. The Morgan fingerprint density at radius 3 is 2.59 bits per heavy atom. The minimum absolute atomic E-state index is 0.0327. The maximum absolute atomic E-state index is 13.8. The van der Waals surface area contributed by atoms with Gasteiger partial charge in [-0.05, 0) is 68.0 Å². The molecule has 1 fully saturated rings. The second kappa shape index (κ2) is 9.14. The van der Waals surface area contributed by atoms with Crippen LogP contribution in [0.5, 0.6) is 5.75 Å². The van der Waals surface area contributed by atoms with E-state index < -0.39 is 5.60 Å². The summed E-state index contributed by atoms with van der Waals surface area (Å²) in [7, 11) is 0. The lowest BCUT2D eigenvalue weighted by atomic mass is 9.96. The van der Waals surface area contributed by atoms with Gasteiger partial charge in [0.15, 0.2) is 0 Å². The van der Waals surface area contributed by atoms with E-state index in [1.165, 1.54) is 6.07 Å². The van der Waals surface area contributed by atoms with Crippen molar-refractivity contribution in [2.24, 2.45) is 0 Å². The molecular weight excluding hydrogens is 393 g/mol. The van der Waals surface area contributed by atoms with Crippen LogP contribution in [0.4, 0.5) is 4.39 Å². The van der Waals surface area contributed by atoms with Gasteiger partial charge in [0.05, 0.1) is 6.42 Å². The highest BCUT2D eigenvalue weighted by Crippen LogP contribution is 2.28. The van der Waals surface area contributed by atoms with Crippen LogP contribution in [0.15, 0.2) is 36.4 Å². The summed E-state index contributed by atoms with van der Waals surface area (Å²) in [5.41, 5.74) is 1.25. The number of amides is 1. The van der Waals surface area contributed by atoms with Crippen LogP contribution >= 0.6 is 11.6 Å². The Balaban J connectivity index is 1.58. The molecule has 6 heteroatoms. The summed E-state index contributed by atoms with van der Waals surface area (Å²) in [6.45, 7) is 4.96. The fourth-order valence-electron chi connectivity index (χ4n) is 3.70. The van der Waals surface area contributed by atoms with Crippen LogP contribution in [0.3, 0.4) is 0 Å². The van der Waals surface area contributed by atoms with E-state index in [1.807, 2.05) is 26.0 Å². The fraction of sp³-hybridized carbons (Fsp3) is 0.435. The molecule has 2 aromatic rings. The Labute approximate surface area is 176 Å². The largest absolute Gasteiger partial charge is 0.491 e. The van der Waals surface area contributed by atoms with E-state index in [0.717, 1.165) is 16.1 Å². The first-order chi connectivity index (χ1) is 13.8. The molecule has 1 saturated heterocycles. The first-order valence-electron chi connectivity index (χ1n) is 9.90. The number of rotatable bonds is 5. The predicted molar refractivity (Wildman–Crippen MR) is 112 cm³/mol. The summed E-state index contributed by atoms with van der Waals surface area (Å²) < 4.78 is 19.7. The number of carbonyl (C=O) groups is 1. The first-order valence-corrected chi connectivity index (χ1v) is 10.3. The summed E-state index contributed by atoms with van der Waals surface area (Å²) in [6.07, 6.45) is 1.66. The van der Waals surface area contributed by atoms with E-state index in [4.69, 9.17) is 16.3 Å². The first kappa shape index (κ1) is 21.6. The Morgan fingerprint density at radius 1 is 1.21 bits per heavy atom. The van der Waals surface area contributed by atoms with Gasteiger partial charge in [-0.15, -0.1) is 0 Å². The van der Waals surface area contributed by atoms with Crippen LogP contribution in [0.1, 0.15) is 36.0 Å². The highest BCUT2D eigenvalue weighted by atomic mass is 35.5. The number of aliphatic hydroxyl groups is 1. The van der Waals surface area contributed by atoms with Crippen molar-refractivity contribution < 1.29 is 19.0 Å². The summed E-state index contributed by atoms with van der Waals surface area (Å²) in [5, 5.41) is 11.7. The molecule has 29 heavy (non-hydrogen) atoms. The van der Waals surface area contributed by atoms with E-state index in [9.17, 15) is 14.3 Å². The molecule has 3 rings (SSSR count). The van der Waals surface area contributed by atoms with E-state index in [0.29, 0.717) is 43.7 Å². The number of carbonyl (C=O) groups excluding carboxylic acids is 1. The molecule has 1 aliphatic heterocycles. The van der Waals surface area contributed by atoms with E-state index in [-0.39, 0.29) is 24.8 Å². The van der Waals surface area contributed by atoms with Crippen molar-refractivity contribution in [2.45, 2.75) is 45.1 Å². The second-order valence-electron chi connectivity index (χ2n) is 7.89. The number of hydrogen-bond donors (Lipinski definition) is 1. The Bertz CT molecular complexity index is 865. The predicted octanol–water partition coefficient (Wildman–Crippen LogP) is 4.46. The molecule has 1 N–H and O–H groups in total. The Hall–Kier alpha value is -2.11. The van der Waals surface area contributed by atoms with Gasteiger partial charge in [-0.25, -0.2) is 4.39 Å². The van der Waals surface area contributed by atoms with Crippen LogP contribution in [0.2, 0.25) is 5.02 Å². The average molecular weight is 420 g/mol. The van der Waals surface area contributed by atoms with Gasteiger partial charge in [-0.2, -0.15) is 0 Å². The van der Waals surface area contributed by atoms with Crippen LogP contribution in [0, 0.1) is 19.7 Å². The lowest BCUT2D eigenvalue weighted by Gasteiger charge is -2.27. The molecule has 0 aromatic heterocycles. The zero-order chi connectivity index (χ0) is 21.0. The number of nitrogens with zero attached hydrogens (tertiary/aromatic N) is 1. The quantitative estimate of drug-likeness (QED) is 0.778.